The highest BCUT2D eigenvalue weighted by Gasteiger charge is 2.38. The van der Waals surface area contributed by atoms with Crippen LogP contribution in [-0.4, -0.2) is 107 Å². The zero-order chi connectivity index (χ0) is 27.2. The first-order chi connectivity index (χ1) is 16.1. The zero-order valence-electron chi connectivity index (χ0n) is 18.6. The van der Waals surface area contributed by atoms with Gasteiger partial charge in [-0.15, -0.1) is 0 Å². The lowest BCUT2D eigenvalue weighted by Crippen LogP contribution is -2.48. The van der Waals surface area contributed by atoms with Crippen LogP contribution in [0, 0.1) is 0 Å². The number of aliphatic hydroxyl groups excluding tert-OH is 1. The molecule has 1 saturated heterocycles. The molecular formula is C19H26F6N4O6. The summed E-state index contributed by atoms with van der Waals surface area (Å²) in [7, 11) is 1.79. The van der Waals surface area contributed by atoms with Crippen molar-refractivity contribution in [2.45, 2.75) is 25.2 Å². The van der Waals surface area contributed by atoms with Gasteiger partial charge in [0, 0.05) is 51.6 Å². The Bertz CT molecular complexity index is 790. The number of pyridine rings is 1. The molecule has 2 rings (SSSR count). The Hall–Kier alpha value is -3.14. The topological polar surface area (TPSA) is 143 Å². The first-order valence-corrected chi connectivity index (χ1v) is 10.00. The fraction of sp³-hybridized carbons (Fsp3) is 0.579. The average molecular weight is 520 g/mol. The van der Waals surface area contributed by atoms with E-state index in [1.807, 2.05) is 4.90 Å². The first-order valence-electron chi connectivity index (χ1n) is 10.00. The Kier molecular flexibility index (Phi) is 13.6. The van der Waals surface area contributed by atoms with Crippen molar-refractivity contribution < 1.29 is 56.0 Å². The number of carbonyl (C=O) groups is 3. The van der Waals surface area contributed by atoms with Crippen molar-refractivity contribution in [2.75, 3.05) is 51.7 Å². The molecule has 1 aromatic heterocycles. The summed E-state index contributed by atoms with van der Waals surface area (Å²) in [6, 6.07) is 3.55. The number of piperazine rings is 1. The highest BCUT2D eigenvalue weighted by Crippen LogP contribution is 2.14. The van der Waals surface area contributed by atoms with Crippen LogP contribution in [0.1, 0.15) is 23.2 Å². The van der Waals surface area contributed by atoms with Crippen LogP contribution in [-0.2, 0) is 9.59 Å². The molecule has 1 amide bonds. The van der Waals surface area contributed by atoms with E-state index in [9.17, 15) is 31.1 Å². The molecule has 1 fully saturated rings. The fourth-order valence-electron chi connectivity index (χ4n) is 2.50. The normalized spacial score (nSPS) is 14.1. The van der Waals surface area contributed by atoms with E-state index in [1.54, 1.807) is 25.4 Å². The third-order valence-corrected chi connectivity index (χ3v) is 4.29. The number of anilines is 1. The average Bonchev–Trinajstić information content (AvgIpc) is 2.79. The maximum Gasteiger partial charge on any atom is 0.490 e. The molecule has 0 aliphatic carbocycles. The smallest absolute Gasteiger partial charge is 0.475 e. The van der Waals surface area contributed by atoms with Gasteiger partial charge in [-0.2, -0.15) is 26.3 Å². The Labute approximate surface area is 196 Å². The quantitative estimate of drug-likeness (QED) is 0.327. The molecule has 0 aromatic carbocycles. The number of unbranched alkanes of at least 4 members (excludes halogenated alkanes) is 1. The molecule has 200 valence electrons. The van der Waals surface area contributed by atoms with Crippen molar-refractivity contribution in [1.29, 1.82) is 0 Å². The Morgan fingerprint density at radius 1 is 0.971 bits per heavy atom. The van der Waals surface area contributed by atoms with Crippen LogP contribution in [0.25, 0.3) is 0 Å². The summed E-state index contributed by atoms with van der Waals surface area (Å²) in [5, 5.41) is 26.0. The van der Waals surface area contributed by atoms with Gasteiger partial charge in [0.05, 0.1) is 0 Å². The first kappa shape index (κ1) is 31.9. The second-order valence-corrected chi connectivity index (χ2v) is 6.85. The van der Waals surface area contributed by atoms with Crippen LogP contribution in [0.5, 0.6) is 0 Å². The lowest BCUT2D eigenvalue weighted by atomic mass is 10.2. The van der Waals surface area contributed by atoms with Gasteiger partial charge in [-0.3, -0.25) is 9.69 Å². The van der Waals surface area contributed by atoms with E-state index in [4.69, 9.17) is 24.9 Å². The van der Waals surface area contributed by atoms with Crippen LogP contribution in [0.3, 0.4) is 0 Å². The minimum atomic E-state index is -5.08. The van der Waals surface area contributed by atoms with Crippen molar-refractivity contribution in [2.24, 2.45) is 0 Å². The molecule has 1 aromatic rings. The van der Waals surface area contributed by atoms with Gasteiger partial charge in [0.25, 0.3) is 5.91 Å². The number of alkyl halides is 6. The summed E-state index contributed by atoms with van der Waals surface area (Å²) < 4.78 is 63.5. The Morgan fingerprint density at radius 2 is 1.46 bits per heavy atom. The summed E-state index contributed by atoms with van der Waals surface area (Å²) in [5.41, 5.74) is 0.683. The van der Waals surface area contributed by atoms with Gasteiger partial charge in [0.15, 0.2) is 0 Å². The number of carboxylic acid groups (broad SMARTS) is 2. The number of halogens is 6. The third-order valence-electron chi connectivity index (χ3n) is 4.29. The van der Waals surface area contributed by atoms with Gasteiger partial charge in [-0.1, -0.05) is 0 Å². The molecule has 10 nitrogen and oxygen atoms in total. The lowest BCUT2D eigenvalue weighted by Gasteiger charge is -2.34. The monoisotopic (exact) mass is 520 g/mol. The Morgan fingerprint density at radius 3 is 1.86 bits per heavy atom. The highest BCUT2D eigenvalue weighted by atomic mass is 19.4. The number of hydrogen-bond acceptors (Lipinski definition) is 7. The second-order valence-electron chi connectivity index (χ2n) is 6.85. The second kappa shape index (κ2) is 15.0. The molecule has 0 unspecified atom stereocenters. The number of carboxylic acids is 2. The largest absolute Gasteiger partial charge is 0.490 e. The molecular weight excluding hydrogens is 494 g/mol. The van der Waals surface area contributed by atoms with E-state index in [1.165, 1.54) is 0 Å². The van der Waals surface area contributed by atoms with E-state index >= 15 is 0 Å². The van der Waals surface area contributed by atoms with Crippen molar-refractivity contribution in [3.8, 4) is 0 Å². The maximum atomic E-state index is 12.5. The van der Waals surface area contributed by atoms with Crippen molar-refractivity contribution in [3.63, 3.8) is 0 Å². The SMILES string of the molecule is CNc1cc(C(=O)N2CCN(CCCCO)CC2)ccn1.O=C(O)C(F)(F)F.O=C(O)C(F)(F)F. The molecule has 35 heavy (non-hydrogen) atoms. The molecule has 16 heteroatoms. The number of aliphatic hydroxyl groups is 1. The highest BCUT2D eigenvalue weighted by molar-refractivity contribution is 5.94. The zero-order valence-corrected chi connectivity index (χ0v) is 18.6. The van der Waals surface area contributed by atoms with Crippen LogP contribution < -0.4 is 5.32 Å². The standard InChI is InChI=1S/C15H24N4O2.2C2HF3O2/c1-16-14-12-13(4-5-17-14)15(21)19-9-7-18(8-10-19)6-2-3-11-20;2*3-2(4,5)1(6)7/h4-5,12,20H,2-3,6-11H2,1H3,(H,16,17);2*(H,6,7). The summed E-state index contributed by atoms with van der Waals surface area (Å²) in [5.74, 6) is -4.73. The van der Waals surface area contributed by atoms with E-state index < -0.39 is 24.3 Å². The third kappa shape index (κ3) is 13.4. The van der Waals surface area contributed by atoms with Crippen molar-refractivity contribution in [1.82, 2.24) is 14.8 Å². The van der Waals surface area contributed by atoms with Gasteiger partial charge in [0.1, 0.15) is 5.82 Å². The van der Waals surface area contributed by atoms with Crippen LogP contribution >= 0.6 is 0 Å². The molecule has 0 atom stereocenters. The number of nitrogens with zero attached hydrogens (tertiary/aromatic N) is 3. The number of aliphatic carboxylic acids is 2. The minimum absolute atomic E-state index is 0.0731. The summed E-state index contributed by atoms with van der Waals surface area (Å²) >= 11 is 0. The van der Waals surface area contributed by atoms with E-state index in [0.717, 1.165) is 45.6 Å². The summed E-state index contributed by atoms with van der Waals surface area (Å²) in [4.78, 5) is 38.6. The molecule has 0 radical (unpaired) electrons. The predicted octanol–water partition coefficient (Wildman–Crippen LogP) is 1.92. The number of nitrogens with one attached hydrogen (secondary N) is 1. The van der Waals surface area contributed by atoms with Crippen LogP contribution in [0.2, 0.25) is 0 Å². The fourth-order valence-corrected chi connectivity index (χ4v) is 2.50. The molecule has 4 N–H and O–H groups in total. The van der Waals surface area contributed by atoms with Crippen LogP contribution in [0.4, 0.5) is 32.2 Å². The van der Waals surface area contributed by atoms with E-state index in [0.29, 0.717) is 11.4 Å². The molecule has 0 saturated carbocycles. The predicted molar refractivity (Wildman–Crippen MR) is 110 cm³/mol. The van der Waals surface area contributed by atoms with Gasteiger partial charge in [-0.25, -0.2) is 14.6 Å². The van der Waals surface area contributed by atoms with E-state index in [-0.39, 0.29) is 12.5 Å². The minimum Gasteiger partial charge on any atom is -0.475 e. The Balaban J connectivity index is 0.000000680. The summed E-state index contributed by atoms with van der Waals surface area (Å²) in [6.45, 7) is 4.59. The number of rotatable bonds is 6. The van der Waals surface area contributed by atoms with Crippen molar-refractivity contribution >= 4 is 23.7 Å². The molecule has 0 spiro atoms. The molecule has 2 heterocycles. The number of carbonyl (C=O) groups excluding carboxylic acids is 1. The van der Waals surface area contributed by atoms with Crippen LogP contribution in [0.15, 0.2) is 18.3 Å². The van der Waals surface area contributed by atoms with E-state index in [2.05, 4.69) is 15.2 Å². The maximum absolute atomic E-state index is 12.5. The lowest BCUT2D eigenvalue weighted by molar-refractivity contribution is -0.193. The number of hydrogen-bond donors (Lipinski definition) is 4. The summed E-state index contributed by atoms with van der Waals surface area (Å²) in [6.07, 6.45) is -6.65. The van der Waals surface area contributed by atoms with Gasteiger partial charge in [0.2, 0.25) is 0 Å². The van der Waals surface area contributed by atoms with Gasteiger partial charge >= 0.3 is 24.3 Å². The number of amides is 1. The molecule has 1 aliphatic heterocycles. The van der Waals surface area contributed by atoms with Crippen molar-refractivity contribution in [3.05, 3.63) is 23.9 Å². The number of aromatic nitrogens is 1. The molecule has 1 aliphatic rings. The molecule has 0 bridgehead atoms. The van der Waals surface area contributed by atoms with Gasteiger partial charge < -0.3 is 25.5 Å². The van der Waals surface area contributed by atoms with Gasteiger partial charge in [-0.05, 0) is 31.5 Å².